The Balaban J connectivity index is -0.000000226. The predicted molar refractivity (Wildman–Crippen MR) is 225 cm³/mol. The lowest BCUT2D eigenvalue weighted by Crippen LogP contribution is -2.35. The first-order chi connectivity index (χ1) is 24.2. The molecule has 0 saturated heterocycles. The molecule has 0 aromatic carbocycles. The van der Waals surface area contributed by atoms with Gasteiger partial charge in [0.2, 0.25) is 0 Å². The fourth-order valence-electron chi connectivity index (χ4n) is 3.35. The minimum absolute atomic E-state index is 0. The van der Waals surface area contributed by atoms with Gasteiger partial charge < -0.3 is 30.7 Å². The van der Waals surface area contributed by atoms with Crippen molar-refractivity contribution in [2.24, 2.45) is 14.1 Å². The van der Waals surface area contributed by atoms with Crippen molar-refractivity contribution >= 4 is 106 Å². The molecule has 0 aliphatic carbocycles. The summed E-state index contributed by atoms with van der Waals surface area (Å²) in [6.07, 6.45) is 2.62. The van der Waals surface area contributed by atoms with E-state index in [0.717, 1.165) is 13.1 Å². The van der Waals surface area contributed by atoms with Gasteiger partial charge in [0.05, 0.1) is 19.7 Å². The molecule has 2 aromatic rings. The van der Waals surface area contributed by atoms with Crippen LogP contribution in [0.15, 0.2) is 12.4 Å². The van der Waals surface area contributed by atoms with E-state index in [0.29, 0.717) is 55.2 Å². The van der Waals surface area contributed by atoms with Gasteiger partial charge in [-0.15, -0.1) is 47.2 Å². The highest BCUT2D eigenvalue weighted by Crippen LogP contribution is 2.54. The summed E-state index contributed by atoms with van der Waals surface area (Å²) in [4.78, 5) is 31.1. The van der Waals surface area contributed by atoms with Gasteiger partial charge in [-0.1, -0.05) is 71.9 Å². The van der Waals surface area contributed by atoms with Crippen molar-refractivity contribution in [1.82, 2.24) is 33.8 Å². The molecule has 0 saturated carbocycles. The van der Waals surface area contributed by atoms with Gasteiger partial charge in [0.25, 0.3) is 0 Å². The van der Waals surface area contributed by atoms with E-state index in [1.807, 2.05) is 13.8 Å². The second kappa shape index (κ2) is 35.8. The Morgan fingerprint density at radius 3 is 1.50 bits per heavy atom. The van der Waals surface area contributed by atoms with Crippen LogP contribution in [-0.2, 0) is 41.3 Å². The fraction of sp³-hybridized carbons (Fsp3) is 0.778. The smallest absolute Gasteiger partial charge is 0.390 e. The zero-order valence-electron chi connectivity index (χ0n) is 30.8. The van der Waals surface area contributed by atoms with E-state index in [1.54, 1.807) is 30.1 Å². The second-order valence-corrected chi connectivity index (χ2v) is 19.0. The number of aliphatic hydroxyl groups is 1. The summed E-state index contributed by atoms with van der Waals surface area (Å²) in [7, 11) is -0.387. The third-order valence-electron chi connectivity index (χ3n) is 5.91. The third kappa shape index (κ3) is 27.3. The first kappa shape index (κ1) is 62.8. The van der Waals surface area contributed by atoms with Gasteiger partial charge in [-0.3, -0.25) is 14.3 Å². The second-order valence-electron chi connectivity index (χ2n) is 10.6. The Hall–Kier alpha value is -0.370. The average molecular weight is 961 g/mol. The van der Waals surface area contributed by atoms with Crippen LogP contribution in [0.4, 0.5) is 11.9 Å². The topological polar surface area (TPSA) is 216 Å². The molecule has 3 N–H and O–H groups in total. The molecule has 2 rings (SSSR count). The highest BCUT2D eigenvalue weighted by Gasteiger charge is 2.37. The fourth-order valence-corrected chi connectivity index (χ4v) is 6.53. The van der Waals surface area contributed by atoms with Crippen LogP contribution in [0, 0.1) is 20.2 Å². The number of nitrogens with zero attached hydrogens (tertiary/aromatic N) is 8. The van der Waals surface area contributed by atoms with Gasteiger partial charge in [0, 0.05) is 50.4 Å². The summed E-state index contributed by atoms with van der Waals surface area (Å²) in [6.45, 7) is 14.5. The molecule has 0 aliphatic rings. The SMILES string of the molecule is C.CC(C)(C)OO.CCN(CCCl)P(=O)(OCc1cnc([N+](=O)[O-])n1C)N(CC)CCCl.CCNCCCl.Cl.ClP(Cl)Cl.Cn1c(CO)cnc1[N+](=O)[O-]. The molecule has 54 heavy (non-hydrogen) atoms. The number of rotatable bonds is 17. The van der Waals surface area contributed by atoms with Gasteiger partial charge >= 0.3 is 19.6 Å². The summed E-state index contributed by atoms with van der Waals surface area (Å²) in [5.74, 6) is -0.435. The molecule has 27 heteroatoms. The predicted octanol–water partition coefficient (Wildman–Crippen LogP) is 8.99. The van der Waals surface area contributed by atoms with Crippen molar-refractivity contribution in [3.8, 4) is 0 Å². The van der Waals surface area contributed by atoms with Gasteiger partial charge in [-0.25, -0.2) is 23.4 Å². The van der Waals surface area contributed by atoms with Gasteiger partial charge in [0.15, 0.2) is 5.98 Å². The molecule has 322 valence electrons. The van der Waals surface area contributed by atoms with Crippen LogP contribution in [0.1, 0.15) is 60.4 Å². The zero-order valence-corrected chi connectivity index (χ0v) is 38.0. The van der Waals surface area contributed by atoms with Crippen LogP contribution in [0.5, 0.6) is 0 Å². The Kier molecular flexibility index (Phi) is 41.6. The highest BCUT2D eigenvalue weighted by molar-refractivity contribution is 8.20. The molecule has 2 aromatic heterocycles. The van der Waals surface area contributed by atoms with E-state index < -0.39 is 29.1 Å². The molecule has 0 amide bonds. The first-order valence-corrected chi connectivity index (χ1v) is 22.6. The van der Waals surface area contributed by atoms with Crippen LogP contribution in [-0.4, -0.2) is 111 Å². The van der Waals surface area contributed by atoms with E-state index in [1.165, 1.54) is 35.6 Å². The third-order valence-corrected chi connectivity index (χ3v) is 9.30. The lowest BCUT2D eigenvalue weighted by molar-refractivity contribution is -0.396. The van der Waals surface area contributed by atoms with E-state index in [2.05, 4.69) is 27.1 Å². The van der Waals surface area contributed by atoms with Crippen LogP contribution >= 0.6 is 94.6 Å². The maximum atomic E-state index is 13.6. The number of nitro groups is 2. The Labute approximate surface area is 355 Å². The number of aromatic nitrogens is 4. The normalized spacial score (nSPS) is 10.7. The van der Waals surface area contributed by atoms with Gasteiger partial charge in [-0.2, -0.15) is 0 Å². The first-order valence-electron chi connectivity index (χ1n) is 15.4. The van der Waals surface area contributed by atoms with Crippen LogP contribution in [0.25, 0.3) is 0 Å². The van der Waals surface area contributed by atoms with Gasteiger partial charge in [0.1, 0.15) is 37.0 Å². The monoisotopic (exact) mass is 957 g/mol. The van der Waals surface area contributed by atoms with Crippen molar-refractivity contribution in [2.75, 3.05) is 56.9 Å². The maximum Gasteiger partial charge on any atom is 0.434 e. The minimum Gasteiger partial charge on any atom is -0.390 e. The molecule has 18 nitrogen and oxygen atoms in total. The molecule has 0 unspecified atom stereocenters. The molecule has 0 atom stereocenters. The molecule has 0 bridgehead atoms. The largest absolute Gasteiger partial charge is 0.434 e. The van der Waals surface area contributed by atoms with Crippen LogP contribution in [0.2, 0.25) is 0 Å². The number of hydrogen-bond acceptors (Lipinski definition) is 12. The zero-order chi connectivity index (χ0) is 41.1. The van der Waals surface area contributed by atoms with E-state index in [9.17, 15) is 24.8 Å². The molecule has 0 aliphatic heterocycles. The van der Waals surface area contributed by atoms with E-state index in [4.69, 9.17) is 83.4 Å². The van der Waals surface area contributed by atoms with Crippen molar-refractivity contribution in [3.63, 3.8) is 0 Å². The molecule has 2 heterocycles. The Morgan fingerprint density at radius 1 is 0.907 bits per heavy atom. The molecular weight excluding hydrogens is 904 g/mol. The number of imidazole rings is 2. The summed E-state index contributed by atoms with van der Waals surface area (Å²) in [6, 6.07) is 0. The lowest BCUT2D eigenvalue weighted by atomic mass is 10.2. The highest BCUT2D eigenvalue weighted by atomic mass is 36.0. The summed E-state index contributed by atoms with van der Waals surface area (Å²) in [5.41, 5.74) is 0.479. The maximum absolute atomic E-state index is 13.6. The van der Waals surface area contributed by atoms with E-state index >= 15 is 0 Å². The molecule has 0 spiro atoms. The number of alkyl halides is 3. The Morgan fingerprint density at radius 2 is 1.28 bits per heavy atom. The number of nitrogens with one attached hydrogen (secondary N) is 1. The molecular formula is C27H56Cl7N9O9P2. The summed E-state index contributed by atoms with van der Waals surface area (Å²) < 4.78 is 25.3. The van der Waals surface area contributed by atoms with Crippen molar-refractivity contribution in [3.05, 3.63) is 44.0 Å². The number of aliphatic hydroxyl groups excluding tert-OH is 1. The number of halogens is 7. The minimum atomic E-state index is -3.39. The van der Waals surface area contributed by atoms with Crippen molar-refractivity contribution in [1.29, 1.82) is 0 Å². The van der Waals surface area contributed by atoms with Gasteiger partial charge in [-0.05, 0) is 37.2 Å². The summed E-state index contributed by atoms with van der Waals surface area (Å²) in [5, 5.41) is 40.7. The van der Waals surface area contributed by atoms with Crippen molar-refractivity contribution in [2.45, 2.75) is 67.8 Å². The average Bonchev–Trinajstić information content (AvgIpc) is 3.65. The number of hydrogen-bond donors (Lipinski definition) is 3. The van der Waals surface area contributed by atoms with Crippen molar-refractivity contribution < 1.29 is 34.2 Å². The lowest BCUT2D eigenvalue weighted by Gasteiger charge is -2.36. The molecule has 0 radical (unpaired) electrons. The molecule has 0 fully saturated rings. The van der Waals surface area contributed by atoms with E-state index in [-0.39, 0.29) is 44.9 Å². The van der Waals surface area contributed by atoms with Crippen LogP contribution < -0.4 is 5.32 Å². The Bertz CT molecular complexity index is 1270. The quantitative estimate of drug-likeness (QED) is 0.0337. The van der Waals surface area contributed by atoms with Crippen LogP contribution in [0.3, 0.4) is 0 Å². The summed E-state index contributed by atoms with van der Waals surface area (Å²) >= 11 is 31.6. The standard InChI is InChI=1S/C13H24Cl2N5O4P.C5H7N3O3.C4H10ClN.C4H10O2.CH4.Cl3P.ClH/c1-4-18(8-6-14)25(23,19(5-2)9-7-15)24-11-12-10-16-13(17(12)3)20(21)22;1-7-4(3-9)2-6-5(7)8(10)11;1-2-6-4-3-5;1-4(2,3)6-5;;1-4(2)3;/h10H,4-9,11H2,1-3H3;2,9H,3H2,1H3;6H,2-4H2,1H3;5H,1-3H3;1H4;;1H.